The molecule has 1 N–H and O–H groups in total. The molecule has 6 heteroatoms. The Morgan fingerprint density at radius 2 is 1.45 bits per heavy atom. The van der Waals surface area contributed by atoms with Gasteiger partial charge < -0.3 is 24.9 Å². The van der Waals surface area contributed by atoms with Crippen molar-refractivity contribution in [1.82, 2.24) is 0 Å². The Morgan fingerprint density at radius 1 is 1.36 bits per heavy atom. The molecule has 0 saturated heterocycles. The molecule has 0 saturated carbocycles. The monoisotopic (exact) mass is 172 g/mol. The Morgan fingerprint density at radius 3 is 1.45 bits per heavy atom. The molecule has 0 radical (unpaired) electrons. The summed E-state index contributed by atoms with van der Waals surface area (Å²) in [6.07, 6.45) is -1.34. The van der Waals surface area contributed by atoms with Crippen molar-refractivity contribution in [3.63, 3.8) is 0 Å². The van der Waals surface area contributed by atoms with Gasteiger partial charge in [-0.3, -0.25) is 0 Å². The maximum absolute atomic E-state index is 9.34. The fraction of sp³-hybridized carbons (Fsp3) is 0.600. The second-order valence-corrected chi connectivity index (χ2v) is 1.49. The number of rotatable bonds is 1. The van der Waals surface area contributed by atoms with Gasteiger partial charge in [-0.05, 0) is 13.8 Å². The summed E-state index contributed by atoms with van der Waals surface area (Å²) in [6, 6.07) is 0. The first-order chi connectivity index (χ1) is 4.37. The number of carboxylic acids is 2. The molecule has 0 aliphatic rings. The van der Waals surface area contributed by atoms with E-state index in [4.69, 9.17) is 15.0 Å². The van der Waals surface area contributed by atoms with Gasteiger partial charge in [0.1, 0.15) is 0 Å². The average Bonchev–Trinajstić information content (AvgIpc) is 1.63. The summed E-state index contributed by atoms with van der Waals surface area (Å²) in [5, 5.41) is 26.2. The molecule has 0 aromatic rings. The summed E-state index contributed by atoms with van der Waals surface area (Å²) in [6.45, 7) is 2.11. The SMILES string of the molecule is CC(=O)[O-].CC(O)C(=O)[O-].[Mg+2]. The van der Waals surface area contributed by atoms with Gasteiger partial charge in [-0.25, -0.2) is 0 Å². The van der Waals surface area contributed by atoms with Crippen molar-refractivity contribution < 1.29 is 24.9 Å². The van der Waals surface area contributed by atoms with Crippen LogP contribution in [0.2, 0.25) is 0 Å². The predicted molar refractivity (Wildman–Crippen MR) is 33.1 cm³/mol. The molecule has 0 bridgehead atoms. The Labute approximate surface area is 80.2 Å². The number of carbonyl (C=O) groups excluding carboxylic acids is 2. The van der Waals surface area contributed by atoms with Crippen LogP contribution in [0.5, 0.6) is 0 Å². The van der Waals surface area contributed by atoms with Gasteiger partial charge in [-0.1, -0.05) is 0 Å². The smallest absolute Gasteiger partial charge is 0.550 e. The van der Waals surface area contributed by atoms with Crippen LogP contribution in [-0.2, 0) is 9.59 Å². The second-order valence-electron chi connectivity index (χ2n) is 1.49. The van der Waals surface area contributed by atoms with Gasteiger partial charge in [0, 0.05) is 5.97 Å². The van der Waals surface area contributed by atoms with Crippen molar-refractivity contribution in [2.45, 2.75) is 20.0 Å². The van der Waals surface area contributed by atoms with Crippen molar-refractivity contribution >= 4 is 35.0 Å². The zero-order chi connectivity index (χ0) is 8.73. The summed E-state index contributed by atoms with van der Waals surface area (Å²) >= 11 is 0. The van der Waals surface area contributed by atoms with E-state index in [1.54, 1.807) is 0 Å². The van der Waals surface area contributed by atoms with E-state index in [-0.39, 0.29) is 23.1 Å². The molecular weight excluding hydrogens is 164 g/mol. The van der Waals surface area contributed by atoms with Gasteiger partial charge >= 0.3 is 23.1 Å². The molecule has 1 unspecified atom stereocenters. The first-order valence-corrected chi connectivity index (χ1v) is 2.44. The summed E-state index contributed by atoms with van der Waals surface area (Å²) in [5.41, 5.74) is 0. The van der Waals surface area contributed by atoms with Crippen molar-refractivity contribution in [3.05, 3.63) is 0 Å². The van der Waals surface area contributed by atoms with Crippen LogP contribution in [0.3, 0.4) is 0 Å². The van der Waals surface area contributed by atoms with Crippen LogP contribution in [0.4, 0.5) is 0 Å². The third-order valence-electron chi connectivity index (χ3n) is 0.341. The zero-order valence-corrected chi connectivity index (χ0v) is 7.78. The molecule has 0 aromatic carbocycles. The van der Waals surface area contributed by atoms with Crippen LogP contribution in [-0.4, -0.2) is 46.2 Å². The van der Waals surface area contributed by atoms with E-state index in [0.717, 1.165) is 13.8 Å². The maximum atomic E-state index is 9.34. The molecule has 0 amide bonds. The van der Waals surface area contributed by atoms with Gasteiger partial charge in [-0.15, -0.1) is 0 Å². The third-order valence-corrected chi connectivity index (χ3v) is 0.341. The number of hydrogen-bond acceptors (Lipinski definition) is 5. The third kappa shape index (κ3) is 42.3. The molecule has 0 aliphatic heterocycles. The Bertz CT molecular complexity index is 118. The number of aliphatic hydroxyl groups is 1. The van der Waals surface area contributed by atoms with Crippen molar-refractivity contribution in [2.75, 3.05) is 0 Å². The number of hydrogen-bond donors (Lipinski definition) is 1. The van der Waals surface area contributed by atoms with Crippen LogP contribution >= 0.6 is 0 Å². The van der Waals surface area contributed by atoms with E-state index in [2.05, 4.69) is 0 Å². The molecule has 0 aromatic heterocycles. The fourth-order valence-corrected chi connectivity index (χ4v) is 0. The van der Waals surface area contributed by atoms with Crippen LogP contribution in [0.1, 0.15) is 13.8 Å². The van der Waals surface area contributed by atoms with E-state index in [0.29, 0.717) is 0 Å². The Hall–Kier alpha value is -0.334. The van der Waals surface area contributed by atoms with Crippen LogP contribution < -0.4 is 10.2 Å². The summed E-state index contributed by atoms with van der Waals surface area (Å²) in [7, 11) is 0. The number of aliphatic carboxylic acids is 2. The normalized spacial score (nSPS) is 9.73. The molecule has 60 valence electrons. The first kappa shape index (κ1) is 17.0. The van der Waals surface area contributed by atoms with E-state index in [9.17, 15) is 9.90 Å². The van der Waals surface area contributed by atoms with Crippen molar-refractivity contribution in [1.29, 1.82) is 0 Å². The van der Waals surface area contributed by atoms with E-state index in [1.165, 1.54) is 0 Å². The van der Waals surface area contributed by atoms with E-state index in [1.807, 2.05) is 0 Å². The summed E-state index contributed by atoms with van der Waals surface area (Å²) in [4.78, 5) is 18.2. The Balaban J connectivity index is -0.000000114. The number of carbonyl (C=O) groups is 2. The molecule has 0 fully saturated rings. The summed E-state index contributed by atoms with van der Waals surface area (Å²) < 4.78 is 0. The predicted octanol–water partition coefficient (Wildman–Crippen LogP) is -3.51. The summed E-state index contributed by atoms with van der Waals surface area (Å²) in [5.74, 6) is -2.52. The standard InChI is InChI=1S/C3H6O3.C2H4O2.Mg/c1-2(4)3(5)6;1-2(3)4;/h2,4H,1H3,(H,5,6);1H3,(H,3,4);/q;;+2/p-2. The van der Waals surface area contributed by atoms with Gasteiger partial charge in [0.25, 0.3) is 0 Å². The van der Waals surface area contributed by atoms with Crippen molar-refractivity contribution in [3.8, 4) is 0 Å². The van der Waals surface area contributed by atoms with Crippen LogP contribution in [0.15, 0.2) is 0 Å². The number of aliphatic hydroxyl groups excluding tert-OH is 1. The maximum Gasteiger partial charge on any atom is 2.00 e. The van der Waals surface area contributed by atoms with Crippen molar-refractivity contribution in [2.24, 2.45) is 0 Å². The van der Waals surface area contributed by atoms with Gasteiger partial charge in [0.2, 0.25) is 0 Å². The minimum Gasteiger partial charge on any atom is -0.550 e. The molecular formula is C5H8MgO5. The molecule has 1 atom stereocenters. The minimum absolute atomic E-state index is 0. The average molecular weight is 172 g/mol. The van der Waals surface area contributed by atoms with Crippen LogP contribution in [0, 0.1) is 0 Å². The Kier molecular flexibility index (Phi) is 14.9. The quantitative estimate of drug-likeness (QED) is 0.414. The number of carboxylic acid groups (broad SMARTS) is 2. The topological polar surface area (TPSA) is 100 Å². The molecule has 5 nitrogen and oxygen atoms in total. The fourth-order valence-electron chi connectivity index (χ4n) is 0. The van der Waals surface area contributed by atoms with E-state index < -0.39 is 18.0 Å². The van der Waals surface area contributed by atoms with Gasteiger partial charge in [0.05, 0.1) is 12.1 Å². The molecule has 0 heterocycles. The molecule has 11 heavy (non-hydrogen) atoms. The second kappa shape index (κ2) is 9.67. The zero-order valence-electron chi connectivity index (χ0n) is 6.36. The van der Waals surface area contributed by atoms with E-state index >= 15 is 0 Å². The molecule has 0 rings (SSSR count). The van der Waals surface area contributed by atoms with Gasteiger partial charge in [0.15, 0.2) is 0 Å². The molecule has 0 spiro atoms. The largest absolute Gasteiger partial charge is 2.00 e. The van der Waals surface area contributed by atoms with Gasteiger partial charge in [-0.2, -0.15) is 0 Å². The first-order valence-electron chi connectivity index (χ1n) is 2.44. The minimum atomic E-state index is -1.44. The molecule has 0 aliphatic carbocycles. The van der Waals surface area contributed by atoms with Crippen LogP contribution in [0.25, 0.3) is 0 Å².